The van der Waals surface area contributed by atoms with E-state index in [0.717, 1.165) is 31.7 Å². The molecule has 1 aliphatic heterocycles. The van der Waals surface area contributed by atoms with E-state index >= 15 is 0 Å². The van der Waals surface area contributed by atoms with E-state index in [0.29, 0.717) is 12.5 Å². The van der Waals surface area contributed by atoms with Gasteiger partial charge in [0.15, 0.2) is 0 Å². The molecule has 104 valence electrons. The smallest absolute Gasteiger partial charge is 0.238 e. The molecule has 0 radical (unpaired) electrons. The number of nitrogens with two attached hydrogens (primary N) is 1. The summed E-state index contributed by atoms with van der Waals surface area (Å²) >= 11 is 0. The maximum Gasteiger partial charge on any atom is 0.238 e. The minimum atomic E-state index is -0.167. The normalized spacial score (nSPS) is 18.8. The summed E-state index contributed by atoms with van der Waals surface area (Å²) in [6.45, 7) is 2.45. The van der Waals surface area contributed by atoms with E-state index in [1.807, 2.05) is 18.2 Å². The highest BCUT2D eigenvalue weighted by Crippen LogP contribution is 2.17. The van der Waals surface area contributed by atoms with Gasteiger partial charge in [-0.25, -0.2) is 5.84 Å². The Kier molecular flexibility index (Phi) is 4.90. The average molecular weight is 263 g/mol. The quantitative estimate of drug-likeness (QED) is 0.459. The number of carbonyl (C=O) groups is 1. The molecular formula is C14H21N3O2. The van der Waals surface area contributed by atoms with E-state index < -0.39 is 0 Å². The fourth-order valence-corrected chi connectivity index (χ4v) is 2.38. The lowest BCUT2D eigenvalue weighted by Crippen LogP contribution is -2.33. The summed E-state index contributed by atoms with van der Waals surface area (Å²) in [6, 6.07) is 8.45. The third-order valence-electron chi connectivity index (χ3n) is 3.58. The predicted molar refractivity (Wildman–Crippen MR) is 73.2 cm³/mol. The third kappa shape index (κ3) is 3.76. The number of benzene rings is 1. The summed E-state index contributed by atoms with van der Waals surface area (Å²) in [7, 11) is 2.10. The molecule has 3 N–H and O–H groups in total. The molecule has 1 aromatic rings. The Hall–Kier alpha value is -1.43. The minimum absolute atomic E-state index is 0.167. The molecule has 1 fully saturated rings. The Balaban J connectivity index is 2.04. The summed E-state index contributed by atoms with van der Waals surface area (Å²) in [5, 5.41) is 0. The highest BCUT2D eigenvalue weighted by molar-refractivity contribution is 5.78. The Morgan fingerprint density at radius 2 is 2.21 bits per heavy atom. The number of nitrogens with zero attached hydrogens (tertiary/aromatic N) is 1. The molecule has 1 heterocycles. The van der Waals surface area contributed by atoms with Crippen molar-refractivity contribution in [2.24, 2.45) is 5.84 Å². The van der Waals surface area contributed by atoms with E-state index in [9.17, 15) is 4.79 Å². The number of hydrogen-bond donors (Lipinski definition) is 2. The molecule has 0 saturated carbocycles. The number of hydrazine groups is 1. The number of nitrogens with one attached hydrogen (secondary N) is 1. The van der Waals surface area contributed by atoms with Crippen molar-refractivity contribution in [1.29, 1.82) is 0 Å². The van der Waals surface area contributed by atoms with Crippen LogP contribution in [0.15, 0.2) is 24.3 Å². The SMILES string of the molecule is CN(Cc1ccccc1CC(=O)NN)C1CCOC1. The highest BCUT2D eigenvalue weighted by atomic mass is 16.5. The summed E-state index contributed by atoms with van der Waals surface area (Å²) in [4.78, 5) is 13.7. The Morgan fingerprint density at radius 3 is 2.84 bits per heavy atom. The summed E-state index contributed by atoms with van der Waals surface area (Å²) in [6.07, 6.45) is 1.39. The van der Waals surface area contributed by atoms with Crippen LogP contribution >= 0.6 is 0 Å². The second kappa shape index (κ2) is 6.65. The number of ether oxygens (including phenoxy) is 1. The maximum atomic E-state index is 11.4. The third-order valence-corrected chi connectivity index (χ3v) is 3.58. The van der Waals surface area contributed by atoms with Gasteiger partial charge in [-0.2, -0.15) is 0 Å². The van der Waals surface area contributed by atoms with Gasteiger partial charge in [0.2, 0.25) is 5.91 Å². The van der Waals surface area contributed by atoms with Gasteiger partial charge in [0, 0.05) is 19.2 Å². The number of rotatable bonds is 5. The van der Waals surface area contributed by atoms with Gasteiger partial charge in [-0.05, 0) is 24.6 Å². The molecule has 5 nitrogen and oxygen atoms in total. The lowest BCUT2D eigenvalue weighted by molar-refractivity contribution is -0.120. The number of amides is 1. The first-order chi connectivity index (χ1) is 9.20. The highest BCUT2D eigenvalue weighted by Gasteiger charge is 2.21. The first kappa shape index (κ1) is 14.0. The molecule has 1 unspecified atom stereocenters. The van der Waals surface area contributed by atoms with Crippen LogP contribution in [-0.4, -0.2) is 37.1 Å². The van der Waals surface area contributed by atoms with Crippen LogP contribution in [0.5, 0.6) is 0 Å². The van der Waals surface area contributed by atoms with E-state index in [-0.39, 0.29) is 5.91 Å². The summed E-state index contributed by atoms with van der Waals surface area (Å²) in [5.74, 6) is 4.98. The van der Waals surface area contributed by atoms with E-state index in [2.05, 4.69) is 23.4 Å². The molecule has 1 atom stereocenters. The molecule has 0 spiro atoms. The summed E-state index contributed by atoms with van der Waals surface area (Å²) < 4.78 is 5.41. The molecule has 5 heteroatoms. The lowest BCUT2D eigenvalue weighted by Gasteiger charge is -2.24. The largest absolute Gasteiger partial charge is 0.380 e. The molecule has 1 amide bonds. The first-order valence-corrected chi connectivity index (χ1v) is 6.55. The standard InChI is InChI=1S/C14H21N3O2/c1-17(13-6-7-19-10-13)9-12-5-3-2-4-11(12)8-14(18)16-15/h2-5,13H,6-10,15H2,1H3,(H,16,18). The van der Waals surface area contributed by atoms with Crippen molar-refractivity contribution in [1.82, 2.24) is 10.3 Å². The van der Waals surface area contributed by atoms with Crippen molar-refractivity contribution in [3.8, 4) is 0 Å². The van der Waals surface area contributed by atoms with Crippen LogP contribution in [-0.2, 0) is 22.5 Å². The van der Waals surface area contributed by atoms with Crippen molar-refractivity contribution in [3.05, 3.63) is 35.4 Å². The van der Waals surface area contributed by atoms with E-state index in [1.54, 1.807) is 0 Å². The second-order valence-electron chi connectivity index (χ2n) is 4.95. The van der Waals surface area contributed by atoms with E-state index in [4.69, 9.17) is 10.6 Å². The molecule has 0 aliphatic carbocycles. The molecule has 1 saturated heterocycles. The first-order valence-electron chi connectivity index (χ1n) is 6.55. The zero-order valence-corrected chi connectivity index (χ0v) is 11.3. The van der Waals surface area contributed by atoms with Gasteiger partial charge in [0.25, 0.3) is 0 Å². The lowest BCUT2D eigenvalue weighted by atomic mass is 10.0. The average Bonchev–Trinajstić information content (AvgIpc) is 2.95. The zero-order chi connectivity index (χ0) is 13.7. The van der Waals surface area contributed by atoms with Crippen LogP contribution in [0.4, 0.5) is 0 Å². The zero-order valence-electron chi connectivity index (χ0n) is 11.3. The van der Waals surface area contributed by atoms with Gasteiger partial charge in [-0.15, -0.1) is 0 Å². The Labute approximate surface area is 113 Å². The van der Waals surface area contributed by atoms with Crippen molar-refractivity contribution in [2.75, 3.05) is 20.3 Å². The Bertz CT molecular complexity index is 430. The predicted octanol–water partition coefficient (Wildman–Crippen LogP) is 0.440. The van der Waals surface area contributed by atoms with Gasteiger partial charge in [-0.1, -0.05) is 24.3 Å². The number of likely N-dealkylation sites (N-methyl/N-ethyl adjacent to an activating group) is 1. The summed E-state index contributed by atoms with van der Waals surface area (Å²) in [5.41, 5.74) is 4.37. The molecule has 0 aromatic heterocycles. The number of carbonyl (C=O) groups excluding carboxylic acids is 1. The monoisotopic (exact) mass is 263 g/mol. The van der Waals surface area contributed by atoms with Crippen molar-refractivity contribution >= 4 is 5.91 Å². The van der Waals surface area contributed by atoms with Crippen LogP contribution in [0.3, 0.4) is 0 Å². The van der Waals surface area contributed by atoms with Crippen molar-refractivity contribution < 1.29 is 9.53 Å². The number of hydrogen-bond acceptors (Lipinski definition) is 4. The van der Waals surface area contributed by atoms with Gasteiger partial charge in [-0.3, -0.25) is 15.1 Å². The molecule has 19 heavy (non-hydrogen) atoms. The van der Waals surface area contributed by atoms with Crippen LogP contribution in [0.25, 0.3) is 0 Å². The van der Waals surface area contributed by atoms with Gasteiger partial charge in [0.05, 0.1) is 13.0 Å². The van der Waals surface area contributed by atoms with Crippen LogP contribution in [0.1, 0.15) is 17.5 Å². The molecule has 2 rings (SSSR count). The maximum absolute atomic E-state index is 11.4. The Morgan fingerprint density at radius 1 is 1.47 bits per heavy atom. The fraction of sp³-hybridized carbons (Fsp3) is 0.500. The van der Waals surface area contributed by atoms with E-state index in [1.165, 1.54) is 5.56 Å². The molecule has 1 aliphatic rings. The van der Waals surface area contributed by atoms with Crippen molar-refractivity contribution in [2.45, 2.75) is 25.4 Å². The van der Waals surface area contributed by atoms with Gasteiger partial charge >= 0.3 is 0 Å². The van der Waals surface area contributed by atoms with Crippen LogP contribution in [0.2, 0.25) is 0 Å². The fourth-order valence-electron chi connectivity index (χ4n) is 2.38. The van der Waals surface area contributed by atoms with Gasteiger partial charge < -0.3 is 4.74 Å². The molecular weight excluding hydrogens is 242 g/mol. The molecule has 1 aromatic carbocycles. The van der Waals surface area contributed by atoms with Crippen LogP contribution in [0, 0.1) is 0 Å². The van der Waals surface area contributed by atoms with Crippen molar-refractivity contribution in [3.63, 3.8) is 0 Å². The molecule has 0 bridgehead atoms. The van der Waals surface area contributed by atoms with Gasteiger partial charge in [0.1, 0.15) is 0 Å². The second-order valence-corrected chi connectivity index (χ2v) is 4.95. The minimum Gasteiger partial charge on any atom is -0.380 e. The topological polar surface area (TPSA) is 67.6 Å². The van der Waals surface area contributed by atoms with Crippen LogP contribution < -0.4 is 11.3 Å².